The van der Waals surface area contributed by atoms with Gasteiger partial charge in [0.15, 0.2) is 0 Å². The molecule has 16 heavy (non-hydrogen) atoms. The van der Waals surface area contributed by atoms with E-state index in [-0.39, 0.29) is 11.9 Å². The quantitative estimate of drug-likeness (QED) is 0.754. The summed E-state index contributed by atoms with van der Waals surface area (Å²) in [4.78, 5) is 0. The van der Waals surface area contributed by atoms with Gasteiger partial charge in [-0.3, -0.25) is 0 Å². The van der Waals surface area contributed by atoms with Crippen LogP contribution in [0, 0.1) is 5.82 Å². The zero-order valence-corrected chi connectivity index (χ0v) is 8.77. The van der Waals surface area contributed by atoms with Gasteiger partial charge in [0.2, 0.25) is 0 Å². The Morgan fingerprint density at radius 3 is 2.94 bits per heavy atom. The van der Waals surface area contributed by atoms with Crippen LogP contribution in [0.4, 0.5) is 4.39 Å². The molecule has 2 aromatic rings. The molecule has 0 aliphatic carbocycles. The number of rotatable bonds is 2. The summed E-state index contributed by atoms with van der Waals surface area (Å²) in [6, 6.07) is 8.69. The molecule has 0 saturated carbocycles. The highest BCUT2D eigenvalue weighted by Crippen LogP contribution is 2.29. The van der Waals surface area contributed by atoms with Crippen molar-refractivity contribution in [2.24, 2.45) is 0 Å². The van der Waals surface area contributed by atoms with Gasteiger partial charge in [-0.1, -0.05) is 0 Å². The summed E-state index contributed by atoms with van der Waals surface area (Å²) in [5.41, 5.74) is 0.970. The summed E-state index contributed by atoms with van der Waals surface area (Å²) in [6.07, 6.45) is 4.91. The van der Waals surface area contributed by atoms with E-state index in [9.17, 15) is 4.39 Å². The zero-order chi connectivity index (χ0) is 11.0. The third-order valence-corrected chi connectivity index (χ3v) is 2.84. The fourth-order valence-electron chi connectivity index (χ4n) is 2.12. The minimum absolute atomic E-state index is 0.115. The van der Waals surface area contributed by atoms with E-state index >= 15 is 0 Å². The average Bonchev–Trinajstić information content (AvgIpc) is 2.86. The van der Waals surface area contributed by atoms with Crippen LogP contribution in [0.3, 0.4) is 0 Å². The Bertz CT molecular complexity index is 493. The first-order valence-electron chi connectivity index (χ1n) is 5.37. The third kappa shape index (κ3) is 1.69. The van der Waals surface area contributed by atoms with Gasteiger partial charge in [0, 0.05) is 24.4 Å². The molecule has 3 heteroatoms. The van der Waals surface area contributed by atoms with Crippen molar-refractivity contribution >= 4 is 0 Å². The van der Waals surface area contributed by atoms with Crippen molar-refractivity contribution in [2.45, 2.75) is 19.1 Å². The lowest BCUT2D eigenvalue weighted by Crippen LogP contribution is -2.19. The van der Waals surface area contributed by atoms with Crippen molar-refractivity contribution in [3.8, 4) is 5.75 Å². The Labute approximate surface area is 93.3 Å². The van der Waals surface area contributed by atoms with Crippen LogP contribution < -0.4 is 4.74 Å². The number of aromatic nitrogens is 1. The Balaban J connectivity index is 1.75. The number of ether oxygens (including phenoxy) is 1. The molecule has 1 aliphatic rings. The minimum Gasteiger partial charge on any atom is -0.488 e. The SMILES string of the molecule is Fc1ccc2c(c1)CC(Cn1cccc1)O2. The van der Waals surface area contributed by atoms with E-state index in [2.05, 4.69) is 4.57 Å². The van der Waals surface area contributed by atoms with Crippen LogP contribution in [0.5, 0.6) is 5.75 Å². The second-order valence-electron chi connectivity index (χ2n) is 4.08. The smallest absolute Gasteiger partial charge is 0.123 e. The first-order chi connectivity index (χ1) is 7.81. The summed E-state index contributed by atoms with van der Waals surface area (Å²) >= 11 is 0. The highest BCUT2D eigenvalue weighted by Gasteiger charge is 2.23. The average molecular weight is 217 g/mol. The summed E-state index contributed by atoms with van der Waals surface area (Å²) in [5, 5.41) is 0. The normalized spacial score (nSPS) is 18.2. The molecule has 0 amide bonds. The lowest BCUT2D eigenvalue weighted by molar-refractivity contribution is 0.209. The summed E-state index contributed by atoms with van der Waals surface area (Å²) in [7, 11) is 0. The first kappa shape index (κ1) is 9.46. The molecule has 82 valence electrons. The molecule has 1 aromatic carbocycles. The molecule has 0 bridgehead atoms. The largest absolute Gasteiger partial charge is 0.488 e. The highest BCUT2D eigenvalue weighted by atomic mass is 19.1. The van der Waals surface area contributed by atoms with Crippen molar-refractivity contribution in [1.82, 2.24) is 4.57 Å². The van der Waals surface area contributed by atoms with Crippen molar-refractivity contribution in [3.05, 3.63) is 54.1 Å². The molecule has 0 N–H and O–H groups in total. The molecular formula is C13H12FNO. The molecule has 0 saturated heterocycles. The van der Waals surface area contributed by atoms with E-state index in [1.165, 1.54) is 6.07 Å². The predicted octanol–water partition coefficient (Wildman–Crippen LogP) is 2.63. The van der Waals surface area contributed by atoms with E-state index in [1.807, 2.05) is 24.5 Å². The van der Waals surface area contributed by atoms with Gasteiger partial charge in [0.05, 0.1) is 6.54 Å². The molecule has 3 rings (SSSR count). The molecule has 0 spiro atoms. The number of fused-ring (bicyclic) bond motifs is 1. The second-order valence-corrected chi connectivity index (χ2v) is 4.08. The summed E-state index contributed by atoms with van der Waals surface area (Å²) < 4.78 is 20.8. The van der Waals surface area contributed by atoms with Gasteiger partial charge in [0.1, 0.15) is 17.7 Å². The number of hydrogen-bond acceptors (Lipinski definition) is 1. The molecule has 2 nitrogen and oxygen atoms in total. The van der Waals surface area contributed by atoms with Crippen LogP contribution in [-0.2, 0) is 13.0 Å². The van der Waals surface area contributed by atoms with Crippen LogP contribution in [-0.4, -0.2) is 10.7 Å². The molecular weight excluding hydrogens is 205 g/mol. The molecule has 2 heterocycles. The molecule has 1 unspecified atom stereocenters. The van der Waals surface area contributed by atoms with E-state index < -0.39 is 0 Å². The van der Waals surface area contributed by atoms with Gasteiger partial charge in [-0.25, -0.2) is 4.39 Å². The van der Waals surface area contributed by atoms with Crippen LogP contribution in [0.25, 0.3) is 0 Å². The van der Waals surface area contributed by atoms with Crippen molar-refractivity contribution in [3.63, 3.8) is 0 Å². The minimum atomic E-state index is -0.191. The Morgan fingerprint density at radius 1 is 1.31 bits per heavy atom. The van der Waals surface area contributed by atoms with Crippen LogP contribution in [0.15, 0.2) is 42.7 Å². The lowest BCUT2D eigenvalue weighted by atomic mass is 10.1. The predicted molar refractivity (Wildman–Crippen MR) is 59.0 cm³/mol. The Kier molecular flexibility index (Phi) is 2.17. The molecule has 0 radical (unpaired) electrons. The van der Waals surface area contributed by atoms with Gasteiger partial charge in [-0.05, 0) is 30.3 Å². The van der Waals surface area contributed by atoms with Crippen molar-refractivity contribution in [1.29, 1.82) is 0 Å². The summed E-state index contributed by atoms with van der Waals surface area (Å²) in [6.45, 7) is 0.809. The molecule has 1 aliphatic heterocycles. The maximum Gasteiger partial charge on any atom is 0.123 e. The number of hydrogen-bond donors (Lipinski definition) is 0. The molecule has 1 aromatic heterocycles. The van der Waals surface area contributed by atoms with Gasteiger partial charge in [0.25, 0.3) is 0 Å². The van der Waals surface area contributed by atoms with E-state index in [0.717, 1.165) is 24.3 Å². The summed E-state index contributed by atoms with van der Waals surface area (Å²) in [5.74, 6) is 0.627. The number of nitrogens with zero attached hydrogens (tertiary/aromatic N) is 1. The second kappa shape index (κ2) is 3.67. The van der Waals surface area contributed by atoms with Crippen molar-refractivity contribution < 1.29 is 9.13 Å². The molecule has 0 fully saturated rings. The fourth-order valence-corrected chi connectivity index (χ4v) is 2.12. The fraction of sp³-hybridized carbons (Fsp3) is 0.231. The number of halogens is 1. The van der Waals surface area contributed by atoms with E-state index in [4.69, 9.17) is 4.74 Å². The maximum absolute atomic E-state index is 13.0. The Morgan fingerprint density at radius 2 is 2.12 bits per heavy atom. The first-order valence-corrected chi connectivity index (χ1v) is 5.37. The zero-order valence-electron chi connectivity index (χ0n) is 8.77. The van der Waals surface area contributed by atoms with Gasteiger partial charge in [-0.15, -0.1) is 0 Å². The topological polar surface area (TPSA) is 14.2 Å². The highest BCUT2D eigenvalue weighted by molar-refractivity contribution is 5.37. The molecule has 1 atom stereocenters. The maximum atomic E-state index is 13.0. The van der Waals surface area contributed by atoms with E-state index in [1.54, 1.807) is 12.1 Å². The van der Waals surface area contributed by atoms with E-state index in [0.29, 0.717) is 0 Å². The van der Waals surface area contributed by atoms with Crippen LogP contribution in [0.1, 0.15) is 5.56 Å². The van der Waals surface area contributed by atoms with Gasteiger partial charge >= 0.3 is 0 Å². The van der Waals surface area contributed by atoms with Crippen molar-refractivity contribution in [2.75, 3.05) is 0 Å². The Hall–Kier alpha value is -1.77. The third-order valence-electron chi connectivity index (χ3n) is 2.84. The lowest BCUT2D eigenvalue weighted by Gasteiger charge is -2.11. The monoisotopic (exact) mass is 217 g/mol. The van der Waals surface area contributed by atoms with Gasteiger partial charge < -0.3 is 9.30 Å². The van der Waals surface area contributed by atoms with Crippen LogP contribution in [0.2, 0.25) is 0 Å². The van der Waals surface area contributed by atoms with Crippen LogP contribution >= 0.6 is 0 Å². The number of benzene rings is 1. The van der Waals surface area contributed by atoms with Gasteiger partial charge in [-0.2, -0.15) is 0 Å². The standard InChI is InChI=1S/C13H12FNO/c14-11-3-4-13-10(7-11)8-12(16-13)9-15-5-1-2-6-15/h1-7,12H,8-9H2.